The number of carboxylic acid groups (broad SMARTS) is 1. The Labute approximate surface area is 111 Å². The van der Waals surface area contributed by atoms with Crippen LogP contribution in [0.5, 0.6) is 0 Å². The summed E-state index contributed by atoms with van der Waals surface area (Å²) in [4.78, 5) is 14.6. The first-order chi connectivity index (χ1) is 9.11. The van der Waals surface area contributed by atoms with Crippen LogP contribution in [0.4, 0.5) is 0 Å². The van der Waals surface area contributed by atoms with E-state index in [1.807, 2.05) is 6.07 Å². The number of benzene rings is 1. The Morgan fingerprint density at radius 3 is 3.00 bits per heavy atom. The highest BCUT2D eigenvalue weighted by Gasteiger charge is 2.32. The van der Waals surface area contributed by atoms with Crippen molar-refractivity contribution in [2.75, 3.05) is 0 Å². The highest BCUT2D eigenvalue weighted by Crippen LogP contribution is 2.37. The number of carboxylic acids is 1. The predicted octanol–water partition coefficient (Wildman–Crippen LogP) is 2.38. The van der Waals surface area contributed by atoms with Crippen molar-refractivity contribution in [2.45, 2.75) is 32.2 Å². The smallest absolute Gasteiger partial charge is 0.306 e. The molecular weight excluding hydrogens is 240 g/mol. The van der Waals surface area contributed by atoms with Gasteiger partial charge in [0.15, 0.2) is 0 Å². The number of aromatic amines is 1. The minimum absolute atomic E-state index is 0.189. The van der Waals surface area contributed by atoms with Crippen LogP contribution in [-0.4, -0.2) is 16.1 Å². The molecule has 1 aliphatic carbocycles. The lowest BCUT2D eigenvalue weighted by atomic mass is 9.83. The van der Waals surface area contributed by atoms with E-state index in [1.165, 1.54) is 5.56 Å². The summed E-state index contributed by atoms with van der Waals surface area (Å²) in [5.41, 5.74) is 10.7. The molecule has 2 atom stereocenters. The molecule has 100 valence electrons. The lowest BCUT2D eigenvalue weighted by molar-refractivity contribution is -0.142. The summed E-state index contributed by atoms with van der Waals surface area (Å²) < 4.78 is 0. The normalized spacial score (nSPS) is 22.4. The Balaban J connectivity index is 2.18. The number of hydrogen-bond acceptors (Lipinski definition) is 2. The number of hydrogen-bond donors (Lipinski definition) is 3. The Morgan fingerprint density at radius 1 is 1.53 bits per heavy atom. The monoisotopic (exact) mass is 258 g/mol. The van der Waals surface area contributed by atoms with E-state index in [1.54, 1.807) is 0 Å². The number of fused-ring (bicyclic) bond motifs is 3. The molecule has 2 aromatic rings. The van der Waals surface area contributed by atoms with Gasteiger partial charge in [0, 0.05) is 29.1 Å². The third-order valence-corrected chi connectivity index (χ3v) is 4.13. The van der Waals surface area contributed by atoms with Crippen LogP contribution in [0.2, 0.25) is 0 Å². The predicted molar refractivity (Wildman–Crippen MR) is 74.1 cm³/mol. The van der Waals surface area contributed by atoms with Gasteiger partial charge in [-0.15, -0.1) is 0 Å². The van der Waals surface area contributed by atoms with Crippen LogP contribution in [0.3, 0.4) is 0 Å². The quantitative estimate of drug-likeness (QED) is 0.773. The van der Waals surface area contributed by atoms with E-state index in [0.717, 1.165) is 28.6 Å². The van der Waals surface area contributed by atoms with Gasteiger partial charge in [0.05, 0.1) is 5.92 Å². The molecule has 3 rings (SSSR count). The number of rotatable bonds is 2. The van der Waals surface area contributed by atoms with Gasteiger partial charge in [0.25, 0.3) is 0 Å². The largest absolute Gasteiger partial charge is 0.481 e. The highest BCUT2D eigenvalue weighted by molar-refractivity contribution is 5.88. The third-order valence-electron chi connectivity index (χ3n) is 4.13. The van der Waals surface area contributed by atoms with Crippen molar-refractivity contribution < 1.29 is 9.90 Å². The van der Waals surface area contributed by atoms with E-state index >= 15 is 0 Å². The van der Waals surface area contributed by atoms with Crippen molar-refractivity contribution >= 4 is 16.9 Å². The fourth-order valence-electron chi connectivity index (χ4n) is 3.17. The molecule has 0 saturated heterocycles. The molecule has 0 fully saturated rings. The van der Waals surface area contributed by atoms with Crippen molar-refractivity contribution in [1.29, 1.82) is 0 Å². The Kier molecular flexibility index (Phi) is 2.82. The first-order valence-electron chi connectivity index (χ1n) is 6.72. The number of nitrogens with one attached hydrogen (secondary N) is 1. The maximum atomic E-state index is 11.2. The molecule has 0 saturated carbocycles. The number of aromatic nitrogens is 1. The molecule has 1 aromatic heterocycles. The fourth-order valence-corrected chi connectivity index (χ4v) is 3.17. The summed E-state index contributed by atoms with van der Waals surface area (Å²) in [5.74, 6) is -1.13. The van der Waals surface area contributed by atoms with Crippen LogP contribution in [0.1, 0.15) is 36.2 Å². The minimum atomic E-state index is -0.754. The number of nitrogens with two attached hydrogens (primary N) is 1. The second-order valence-electron chi connectivity index (χ2n) is 5.29. The summed E-state index contributed by atoms with van der Waals surface area (Å²) >= 11 is 0. The summed E-state index contributed by atoms with van der Waals surface area (Å²) in [5, 5.41) is 10.3. The lowest BCUT2D eigenvalue weighted by Gasteiger charge is -2.24. The van der Waals surface area contributed by atoms with E-state index in [-0.39, 0.29) is 12.0 Å². The van der Waals surface area contributed by atoms with Gasteiger partial charge in [0.1, 0.15) is 0 Å². The molecule has 4 N–H and O–H groups in total. The average molecular weight is 258 g/mol. The van der Waals surface area contributed by atoms with Crippen LogP contribution < -0.4 is 5.73 Å². The molecule has 1 heterocycles. The lowest BCUT2D eigenvalue weighted by Crippen LogP contribution is -2.28. The van der Waals surface area contributed by atoms with Gasteiger partial charge < -0.3 is 15.8 Å². The van der Waals surface area contributed by atoms with Gasteiger partial charge in [-0.3, -0.25) is 4.79 Å². The van der Waals surface area contributed by atoms with Crippen LogP contribution in [0, 0.1) is 5.92 Å². The van der Waals surface area contributed by atoms with E-state index in [9.17, 15) is 9.90 Å². The van der Waals surface area contributed by atoms with Crippen LogP contribution >= 0.6 is 0 Å². The molecule has 19 heavy (non-hydrogen) atoms. The van der Waals surface area contributed by atoms with Crippen molar-refractivity contribution in [3.63, 3.8) is 0 Å². The molecule has 2 unspecified atom stereocenters. The van der Waals surface area contributed by atoms with E-state index in [2.05, 4.69) is 24.0 Å². The van der Waals surface area contributed by atoms with Gasteiger partial charge in [-0.05, 0) is 24.0 Å². The van der Waals surface area contributed by atoms with E-state index < -0.39 is 5.97 Å². The third kappa shape index (κ3) is 1.83. The van der Waals surface area contributed by atoms with Crippen LogP contribution in [-0.2, 0) is 17.6 Å². The molecule has 1 aliphatic rings. The maximum Gasteiger partial charge on any atom is 0.306 e. The van der Waals surface area contributed by atoms with Gasteiger partial charge in [-0.1, -0.05) is 25.1 Å². The van der Waals surface area contributed by atoms with Crippen LogP contribution in [0.15, 0.2) is 18.2 Å². The summed E-state index contributed by atoms with van der Waals surface area (Å²) in [7, 11) is 0. The summed E-state index contributed by atoms with van der Waals surface area (Å²) in [6.45, 7) is 2.12. The SMILES string of the molecule is CCc1cccc2c3c([nH]c12)CC(C(=O)O)CC3N. The van der Waals surface area contributed by atoms with Crippen molar-refractivity contribution in [2.24, 2.45) is 11.7 Å². The molecule has 0 amide bonds. The average Bonchev–Trinajstić information content (AvgIpc) is 2.77. The zero-order valence-electron chi connectivity index (χ0n) is 10.9. The minimum Gasteiger partial charge on any atom is -0.481 e. The number of aryl methyl sites for hydroxylation is 1. The molecule has 0 radical (unpaired) electrons. The number of H-pyrrole nitrogens is 1. The maximum absolute atomic E-state index is 11.2. The summed E-state index contributed by atoms with van der Waals surface area (Å²) in [6, 6.07) is 6.03. The molecule has 0 spiro atoms. The molecule has 0 aliphatic heterocycles. The van der Waals surface area contributed by atoms with Gasteiger partial charge in [-0.2, -0.15) is 0 Å². The molecule has 4 nitrogen and oxygen atoms in total. The zero-order chi connectivity index (χ0) is 13.6. The zero-order valence-corrected chi connectivity index (χ0v) is 10.9. The topological polar surface area (TPSA) is 79.1 Å². The van der Waals surface area contributed by atoms with E-state index in [4.69, 9.17) is 5.73 Å². The number of para-hydroxylation sites is 1. The highest BCUT2D eigenvalue weighted by atomic mass is 16.4. The summed E-state index contributed by atoms with van der Waals surface area (Å²) in [6.07, 6.45) is 2.02. The van der Waals surface area contributed by atoms with Gasteiger partial charge >= 0.3 is 5.97 Å². The second-order valence-corrected chi connectivity index (χ2v) is 5.29. The first-order valence-corrected chi connectivity index (χ1v) is 6.72. The Bertz CT molecular complexity index is 645. The standard InChI is InChI=1S/C15H18N2O2/c1-2-8-4-3-5-10-13-11(16)6-9(15(18)19)7-12(13)17-14(8)10/h3-5,9,11,17H,2,6-7,16H2,1H3,(H,18,19). The van der Waals surface area contributed by atoms with Crippen molar-refractivity contribution in [3.05, 3.63) is 35.0 Å². The van der Waals surface area contributed by atoms with Crippen molar-refractivity contribution in [1.82, 2.24) is 4.98 Å². The van der Waals surface area contributed by atoms with Crippen LogP contribution in [0.25, 0.3) is 10.9 Å². The first kappa shape index (κ1) is 12.2. The molecule has 1 aromatic carbocycles. The second kappa shape index (κ2) is 4.38. The van der Waals surface area contributed by atoms with Gasteiger partial charge in [-0.25, -0.2) is 0 Å². The number of carbonyl (C=O) groups is 1. The van der Waals surface area contributed by atoms with Crippen molar-refractivity contribution in [3.8, 4) is 0 Å². The molecule has 0 bridgehead atoms. The van der Waals surface area contributed by atoms with E-state index in [0.29, 0.717) is 12.8 Å². The fraction of sp³-hybridized carbons (Fsp3) is 0.400. The molecule has 4 heteroatoms. The Morgan fingerprint density at radius 2 is 2.32 bits per heavy atom. The van der Waals surface area contributed by atoms with Gasteiger partial charge in [0.2, 0.25) is 0 Å². The Hall–Kier alpha value is -1.81. The molecular formula is C15H18N2O2. The number of aliphatic carboxylic acids is 1.